The largest absolute Gasteiger partial charge is 0.457 e. The van der Waals surface area contributed by atoms with E-state index >= 15 is 0 Å². The van der Waals surface area contributed by atoms with Crippen LogP contribution in [-0.2, 0) is 0 Å². The molecular formula is C11H7BrClNO2. The molecule has 0 spiro atoms. The normalized spacial score (nSPS) is 10.4. The number of halogens is 2. The Labute approximate surface area is 105 Å². The van der Waals surface area contributed by atoms with Gasteiger partial charge in [-0.3, -0.25) is 4.79 Å². The van der Waals surface area contributed by atoms with Crippen molar-refractivity contribution in [2.75, 3.05) is 5.73 Å². The van der Waals surface area contributed by atoms with Crippen LogP contribution in [0.4, 0.5) is 5.69 Å². The number of benzene rings is 1. The van der Waals surface area contributed by atoms with Crippen LogP contribution >= 0.6 is 27.5 Å². The van der Waals surface area contributed by atoms with Crippen LogP contribution < -0.4 is 5.73 Å². The zero-order valence-electron chi connectivity index (χ0n) is 8.04. The molecule has 82 valence electrons. The first-order chi connectivity index (χ1) is 7.59. The van der Waals surface area contributed by atoms with E-state index in [1.54, 1.807) is 24.3 Å². The van der Waals surface area contributed by atoms with Crippen molar-refractivity contribution < 1.29 is 9.21 Å². The van der Waals surface area contributed by atoms with Gasteiger partial charge in [-0.1, -0.05) is 11.6 Å². The van der Waals surface area contributed by atoms with Gasteiger partial charge in [-0.15, -0.1) is 0 Å². The van der Waals surface area contributed by atoms with Gasteiger partial charge in [-0.2, -0.15) is 0 Å². The molecule has 0 unspecified atom stereocenters. The first-order valence-electron chi connectivity index (χ1n) is 4.42. The first kappa shape index (κ1) is 11.2. The summed E-state index contributed by atoms with van der Waals surface area (Å²) in [5, 5.41) is 0.366. The van der Waals surface area contributed by atoms with E-state index in [2.05, 4.69) is 15.9 Å². The monoisotopic (exact) mass is 299 g/mol. The molecular weight excluding hydrogens is 293 g/mol. The van der Waals surface area contributed by atoms with E-state index in [1.165, 1.54) is 6.26 Å². The van der Waals surface area contributed by atoms with E-state index in [9.17, 15) is 4.79 Å². The number of anilines is 1. The van der Waals surface area contributed by atoms with Crippen molar-refractivity contribution >= 4 is 39.0 Å². The van der Waals surface area contributed by atoms with Crippen molar-refractivity contribution in [3.63, 3.8) is 0 Å². The predicted molar refractivity (Wildman–Crippen MR) is 65.7 cm³/mol. The minimum absolute atomic E-state index is 0.164. The lowest BCUT2D eigenvalue weighted by molar-refractivity contribution is 0.103. The molecule has 0 saturated carbocycles. The molecule has 0 atom stereocenters. The summed E-state index contributed by atoms with van der Waals surface area (Å²) in [4.78, 5) is 12.0. The van der Waals surface area contributed by atoms with Crippen molar-refractivity contribution in [3.8, 4) is 0 Å². The lowest BCUT2D eigenvalue weighted by atomic mass is 10.1. The molecule has 16 heavy (non-hydrogen) atoms. The van der Waals surface area contributed by atoms with Gasteiger partial charge in [0.05, 0.1) is 22.5 Å². The van der Waals surface area contributed by atoms with Gasteiger partial charge in [-0.05, 0) is 40.2 Å². The fourth-order valence-corrected chi connectivity index (χ4v) is 1.88. The van der Waals surface area contributed by atoms with Crippen LogP contribution in [0.5, 0.6) is 0 Å². The Hall–Kier alpha value is -1.26. The molecule has 0 aliphatic carbocycles. The highest BCUT2D eigenvalue weighted by atomic mass is 79.9. The number of nitrogens with two attached hydrogens (primary N) is 1. The molecule has 3 nitrogen and oxygen atoms in total. The molecule has 5 heteroatoms. The van der Waals surface area contributed by atoms with E-state index in [1.807, 2.05) is 0 Å². The standard InChI is InChI=1S/C11H7BrClNO2/c12-11-7(3-4-16-11)10(15)6-1-2-9(14)8(13)5-6/h1-5H,14H2. The lowest BCUT2D eigenvalue weighted by Crippen LogP contribution is -2.01. The Kier molecular flexibility index (Phi) is 3.03. The average molecular weight is 301 g/mol. The summed E-state index contributed by atoms with van der Waals surface area (Å²) in [6, 6.07) is 6.36. The van der Waals surface area contributed by atoms with Crippen LogP contribution in [0.3, 0.4) is 0 Å². The number of hydrogen-bond donors (Lipinski definition) is 1. The van der Waals surface area contributed by atoms with Gasteiger partial charge in [0.15, 0.2) is 10.5 Å². The van der Waals surface area contributed by atoms with Crippen LogP contribution in [0.25, 0.3) is 0 Å². The lowest BCUT2D eigenvalue weighted by Gasteiger charge is -2.02. The molecule has 1 aromatic heterocycles. The highest BCUT2D eigenvalue weighted by Crippen LogP contribution is 2.24. The van der Waals surface area contributed by atoms with E-state index in [-0.39, 0.29) is 5.78 Å². The summed E-state index contributed by atoms with van der Waals surface area (Å²) in [6.45, 7) is 0. The minimum atomic E-state index is -0.164. The van der Waals surface area contributed by atoms with Gasteiger partial charge in [0.25, 0.3) is 0 Å². The third-order valence-corrected chi connectivity index (χ3v) is 3.07. The molecule has 0 amide bonds. The number of ketones is 1. The van der Waals surface area contributed by atoms with Crippen molar-refractivity contribution in [3.05, 3.63) is 51.3 Å². The van der Waals surface area contributed by atoms with Gasteiger partial charge in [0.2, 0.25) is 0 Å². The number of furan rings is 1. The minimum Gasteiger partial charge on any atom is -0.457 e. The fourth-order valence-electron chi connectivity index (χ4n) is 1.28. The quantitative estimate of drug-likeness (QED) is 0.682. The second kappa shape index (κ2) is 4.31. The molecule has 0 bridgehead atoms. The molecule has 1 heterocycles. The second-order valence-electron chi connectivity index (χ2n) is 3.17. The van der Waals surface area contributed by atoms with Crippen LogP contribution in [-0.4, -0.2) is 5.78 Å². The van der Waals surface area contributed by atoms with E-state index in [0.29, 0.717) is 26.5 Å². The summed E-state index contributed by atoms with van der Waals surface area (Å²) in [5.41, 5.74) is 6.95. The number of nitrogen functional groups attached to an aromatic ring is 1. The van der Waals surface area contributed by atoms with Crippen molar-refractivity contribution in [2.45, 2.75) is 0 Å². The van der Waals surface area contributed by atoms with E-state index in [4.69, 9.17) is 21.8 Å². The van der Waals surface area contributed by atoms with Crippen LogP contribution in [0.1, 0.15) is 15.9 Å². The van der Waals surface area contributed by atoms with Gasteiger partial charge in [0.1, 0.15) is 0 Å². The smallest absolute Gasteiger partial charge is 0.197 e. The maximum atomic E-state index is 12.0. The first-order valence-corrected chi connectivity index (χ1v) is 5.59. The Morgan fingerprint density at radius 1 is 1.38 bits per heavy atom. The molecule has 0 aliphatic heterocycles. The molecule has 2 rings (SSSR count). The topological polar surface area (TPSA) is 56.2 Å². The predicted octanol–water partition coefficient (Wildman–Crippen LogP) is 3.51. The maximum Gasteiger partial charge on any atom is 0.197 e. The number of rotatable bonds is 2. The molecule has 0 aliphatic rings. The molecule has 1 aromatic carbocycles. The zero-order chi connectivity index (χ0) is 11.7. The molecule has 2 aromatic rings. The molecule has 2 N–H and O–H groups in total. The van der Waals surface area contributed by atoms with Crippen LogP contribution in [0.15, 0.2) is 39.6 Å². The highest BCUT2D eigenvalue weighted by molar-refractivity contribution is 9.10. The molecule has 0 fully saturated rings. The number of hydrogen-bond acceptors (Lipinski definition) is 3. The third-order valence-electron chi connectivity index (χ3n) is 2.13. The number of carbonyl (C=O) groups is 1. The Balaban J connectivity index is 2.42. The van der Waals surface area contributed by atoms with Gasteiger partial charge >= 0.3 is 0 Å². The highest BCUT2D eigenvalue weighted by Gasteiger charge is 2.15. The summed E-state index contributed by atoms with van der Waals surface area (Å²) in [5.74, 6) is -0.164. The summed E-state index contributed by atoms with van der Waals surface area (Å²) < 4.78 is 5.41. The zero-order valence-corrected chi connectivity index (χ0v) is 10.4. The molecule has 0 radical (unpaired) electrons. The van der Waals surface area contributed by atoms with Crippen molar-refractivity contribution in [1.29, 1.82) is 0 Å². The van der Waals surface area contributed by atoms with Gasteiger partial charge in [0, 0.05) is 5.56 Å². The average Bonchev–Trinajstić information content (AvgIpc) is 2.67. The van der Waals surface area contributed by atoms with E-state index < -0.39 is 0 Å². The SMILES string of the molecule is Nc1ccc(C(=O)c2ccoc2Br)cc1Cl. The third kappa shape index (κ3) is 1.99. The van der Waals surface area contributed by atoms with Crippen molar-refractivity contribution in [2.24, 2.45) is 0 Å². The maximum absolute atomic E-state index is 12.0. The van der Waals surface area contributed by atoms with Crippen LogP contribution in [0.2, 0.25) is 5.02 Å². The summed E-state index contributed by atoms with van der Waals surface area (Å²) in [6.07, 6.45) is 1.44. The fraction of sp³-hybridized carbons (Fsp3) is 0. The second-order valence-corrected chi connectivity index (χ2v) is 4.30. The van der Waals surface area contributed by atoms with Gasteiger partial charge in [-0.25, -0.2) is 0 Å². The number of carbonyl (C=O) groups excluding carboxylic acids is 1. The van der Waals surface area contributed by atoms with Crippen LogP contribution in [0, 0.1) is 0 Å². The van der Waals surface area contributed by atoms with Crippen molar-refractivity contribution in [1.82, 2.24) is 0 Å². The summed E-state index contributed by atoms with van der Waals surface area (Å²) >= 11 is 9.00. The Morgan fingerprint density at radius 3 is 2.69 bits per heavy atom. The van der Waals surface area contributed by atoms with E-state index in [0.717, 1.165) is 0 Å². The van der Waals surface area contributed by atoms with Gasteiger partial charge < -0.3 is 10.2 Å². The Morgan fingerprint density at radius 2 is 2.12 bits per heavy atom. The molecule has 0 saturated heterocycles. The summed E-state index contributed by atoms with van der Waals surface area (Å²) in [7, 11) is 0. The Bertz CT molecular complexity index is 551.